The van der Waals surface area contributed by atoms with E-state index < -0.39 is 0 Å². The van der Waals surface area contributed by atoms with Gasteiger partial charge >= 0.3 is 0 Å². The zero-order valence-electron chi connectivity index (χ0n) is 15.1. The van der Waals surface area contributed by atoms with Crippen molar-refractivity contribution in [3.8, 4) is 11.4 Å². The van der Waals surface area contributed by atoms with E-state index in [9.17, 15) is 0 Å². The molecule has 0 N–H and O–H groups in total. The van der Waals surface area contributed by atoms with Crippen LogP contribution in [0.3, 0.4) is 0 Å². The van der Waals surface area contributed by atoms with Crippen LogP contribution >= 0.6 is 0 Å². The molecule has 0 aromatic carbocycles. The van der Waals surface area contributed by atoms with Crippen molar-refractivity contribution in [1.29, 1.82) is 0 Å². The highest BCUT2D eigenvalue weighted by molar-refractivity contribution is 5.52. The monoisotopic (exact) mass is 327 g/mol. The van der Waals surface area contributed by atoms with E-state index in [2.05, 4.69) is 40.7 Å². The summed E-state index contributed by atoms with van der Waals surface area (Å²) < 4.78 is 2.01. The normalized spacial score (nSPS) is 19.1. The van der Waals surface area contributed by atoms with Gasteiger partial charge in [-0.3, -0.25) is 14.6 Å². The summed E-state index contributed by atoms with van der Waals surface area (Å²) in [7, 11) is 0. The van der Waals surface area contributed by atoms with Crippen LogP contribution in [-0.2, 0) is 13.0 Å². The van der Waals surface area contributed by atoms with Gasteiger partial charge in [0.2, 0.25) is 0 Å². The number of nitrogens with zero attached hydrogens (tertiary/aromatic N) is 5. The molecule has 5 nitrogen and oxygen atoms in total. The van der Waals surface area contributed by atoms with Gasteiger partial charge in [-0.25, -0.2) is 0 Å². The van der Waals surface area contributed by atoms with Gasteiger partial charge in [0.1, 0.15) is 5.69 Å². The smallest absolute Gasteiger partial charge is 0.107 e. The zero-order chi connectivity index (χ0) is 16.9. The molecular weight excluding hydrogens is 298 g/mol. The Morgan fingerprint density at radius 1 is 1.25 bits per heavy atom. The van der Waals surface area contributed by atoms with Crippen LogP contribution in [0.1, 0.15) is 45.7 Å². The Hall–Kier alpha value is -1.75. The number of hydrogen-bond donors (Lipinski definition) is 0. The predicted octanol–water partition coefficient (Wildman–Crippen LogP) is 3.41. The molecule has 130 valence electrons. The number of hydrogen-bond acceptors (Lipinski definition) is 4. The maximum absolute atomic E-state index is 4.68. The SMILES string of the molecule is CCCn1nccc1-c1cnc(C[C@H]2CCCN(C(C)C)C2)cn1. The molecule has 1 saturated heterocycles. The second kappa shape index (κ2) is 7.88. The van der Waals surface area contributed by atoms with Gasteiger partial charge in [0.05, 0.1) is 17.6 Å². The first-order chi connectivity index (χ1) is 11.7. The van der Waals surface area contributed by atoms with Crippen LogP contribution in [0.5, 0.6) is 0 Å². The van der Waals surface area contributed by atoms with Crippen molar-refractivity contribution in [3.63, 3.8) is 0 Å². The van der Waals surface area contributed by atoms with Gasteiger partial charge in [0, 0.05) is 31.5 Å². The summed E-state index contributed by atoms with van der Waals surface area (Å²) in [6.45, 7) is 10.1. The van der Waals surface area contributed by atoms with E-state index in [1.165, 1.54) is 25.9 Å². The average molecular weight is 327 g/mol. The molecule has 2 aromatic rings. The van der Waals surface area contributed by atoms with Crippen molar-refractivity contribution >= 4 is 0 Å². The van der Waals surface area contributed by atoms with E-state index in [0.29, 0.717) is 12.0 Å². The first-order valence-electron chi connectivity index (χ1n) is 9.24. The number of piperidine rings is 1. The lowest BCUT2D eigenvalue weighted by atomic mass is 9.93. The van der Waals surface area contributed by atoms with Crippen molar-refractivity contribution in [1.82, 2.24) is 24.6 Å². The van der Waals surface area contributed by atoms with Crippen LogP contribution < -0.4 is 0 Å². The van der Waals surface area contributed by atoms with E-state index in [-0.39, 0.29) is 0 Å². The van der Waals surface area contributed by atoms with Gasteiger partial charge in [0.15, 0.2) is 0 Å². The van der Waals surface area contributed by atoms with E-state index in [1.807, 2.05) is 29.3 Å². The Bertz CT molecular complexity index is 631. The first-order valence-corrected chi connectivity index (χ1v) is 9.24. The molecule has 0 radical (unpaired) electrons. The second-order valence-corrected chi connectivity index (χ2v) is 7.13. The number of aromatic nitrogens is 4. The number of rotatable bonds is 6. The molecular formula is C19H29N5. The summed E-state index contributed by atoms with van der Waals surface area (Å²) in [5.74, 6) is 0.701. The van der Waals surface area contributed by atoms with Crippen LogP contribution in [0.2, 0.25) is 0 Å². The quantitative estimate of drug-likeness (QED) is 0.816. The molecule has 2 aromatic heterocycles. The van der Waals surface area contributed by atoms with Gasteiger partial charge in [0.25, 0.3) is 0 Å². The fraction of sp³-hybridized carbons (Fsp3) is 0.632. The van der Waals surface area contributed by atoms with Crippen LogP contribution in [-0.4, -0.2) is 43.8 Å². The molecule has 1 fully saturated rings. The standard InChI is InChI=1S/C19H29N5/c1-4-9-24-19(7-8-22-24)18-13-20-17(12-21-18)11-16-6-5-10-23(14-16)15(2)3/h7-8,12-13,15-16H,4-6,9-11,14H2,1-3H3/t16-/m1/s1. The maximum atomic E-state index is 4.68. The third-order valence-corrected chi connectivity index (χ3v) is 4.90. The van der Waals surface area contributed by atoms with E-state index in [1.54, 1.807) is 0 Å². The molecule has 3 heterocycles. The van der Waals surface area contributed by atoms with Gasteiger partial charge in [-0.1, -0.05) is 6.92 Å². The van der Waals surface area contributed by atoms with Crippen LogP contribution in [0.25, 0.3) is 11.4 Å². The fourth-order valence-electron chi connectivity index (χ4n) is 3.56. The minimum atomic E-state index is 0.639. The average Bonchev–Trinajstić information content (AvgIpc) is 3.04. The molecule has 1 aliphatic rings. The molecule has 1 atom stereocenters. The Morgan fingerprint density at radius 3 is 2.83 bits per heavy atom. The van der Waals surface area contributed by atoms with Crippen molar-refractivity contribution in [2.24, 2.45) is 5.92 Å². The zero-order valence-corrected chi connectivity index (χ0v) is 15.1. The molecule has 0 spiro atoms. The molecule has 0 amide bonds. The van der Waals surface area contributed by atoms with E-state index in [0.717, 1.165) is 36.5 Å². The number of aryl methyl sites for hydroxylation is 1. The molecule has 1 aliphatic heterocycles. The van der Waals surface area contributed by atoms with Crippen molar-refractivity contribution in [2.45, 2.75) is 59.0 Å². The maximum Gasteiger partial charge on any atom is 0.107 e. The molecule has 0 aliphatic carbocycles. The van der Waals surface area contributed by atoms with Crippen molar-refractivity contribution < 1.29 is 0 Å². The Kier molecular flexibility index (Phi) is 5.61. The van der Waals surface area contributed by atoms with Crippen LogP contribution in [0.4, 0.5) is 0 Å². The van der Waals surface area contributed by atoms with E-state index >= 15 is 0 Å². The summed E-state index contributed by atoms with van der Waals surface area (Å²) in [4.78, 5) is 11.9. The number of likely N-dealkylation sites (tertiary alicyclic amines) is 1. The largest absolute Gasteiger partial charge is 0.301 e. The molecule has 3 rings (SSSR count). The Morgan fingerprint density at radius 2 is 2.12 bits per heavy atom. The van der Waals surface area contributed by atoms with Gasteiger partial charge in [-0.05, 0) is 58.1 Å². The van der Waals surface area contributed by atoms with E-state index in [4.69, 9.17) is 0 Å². The topological polar surface area (TPSA) is 46.8 Å². The summed E-state index contributed by atoms with van der Waals surface area (Å²) in [6.07, 6.45) is 10.4. The summed E-state index contributed by atoms with van der Waals surface area (Å²) in [5, 5.41) is 4.37. The lowest BCUT2D eigenvalue weighted by Gasteiger charge is -2.35. The summed E-state index contributed by atoms with van der Waals surface area (Å²) in [6, 6.07) is 2.65. The molecule has 0 saturated carbocycles. The van der Waals surface area contributed by atoms with Gasteiger partial charge < -0.3 is 4.90 Å². The highest BCUT2D eigenvalue weighted by atomic mass is 15.3. The van der Waals surface area contributed by atoms with Gasteiger partial charge in [-0.2, -0.15) is 5.10 Å². The Balaban J connectivity index is 1.65. The highest BCUT2D eigenvalue weighted by Crippen LogP contribution is 2.22. The van der Waals surface area contributed by atoms with Gasteiger partial charge in [-0.15, -0.1) is 0 Å². The highest BCUT2D eigenvalue weighted by Gasteiger charge is 2.22. The fourth-order valence-corrected chi connectivity index (χ4v) is 3.56. The molecule has 24 heavy (non-hydrogen) atoms. The third-order valence-electron chi connectivity index (χ3n) is 4.90. The van der Waals surface area contributed by atoms with Crippen molar-refractivity contribution in [3.05, 3.63) is 30.4 Å². The molecule has 0 bridgehead atoms. The van der Waals surface area contributed by atoms with Crippen LogP contribution in [0, 0.1) is 5.92 Å². The molecule has 5 heteroatoms. The third kappa shape index (κ3) is 4.01. The summed E-state index contributed by atoms with van der Waals surface area (Å²) >= 11 is 0. The minimum Gasteiger partial charge on any atom is -0.301 e. The van der Waals surface area contributed by atoms with Crippen LogP contribution in [0.15, 0.2) is 24.7 Å². The molecule has 0 unspecified atom stereocenters. The minimum absolute atomic E-state index is 0.639. The van der Waals surface area contributed by atoms with Crippen molar-refractivity contribution in [2.75, 3.05) is 13.1 Å². The predicted molar refractivity (Wildman–Crippen MR) is 96.7 cm³/mol. The second-order valence-electron chi connectivity index (χ2n) is 7.13. The lowest BCUT2D eigenvalue weighted by molar-refractivity contribution is 0.139. The Labute approximate surface area is 145 Å². The summed E-state index contributed by atoms with van der Waals surface area (Å²) in [5.41, 5.74) is 3.08. The lowest BCUT2D eigenvalue weighted by Crippen LogP contribution is -2.40. The first kappa shape index (κ1) is 17.1.